The Bertz CT molecular complexity index is 429. The van der Waals surface area contributed by atoms with Crippen LogP contribution in [0.4, 0.5) is 0 Å². The molecule has 2 saturated heterocycles. The first-order chi connectivity index (χ1) is 6.93. The lowest BCUT2D eigenvalue weighted by molar-refractivity contribution is -0.143. The SMILES string of the molecule is COC(=O)C12COC(C1)C(=N)OS2(=O)=O. The smallest absolute Gasteiger partial charge is 0.333 e. The van der Waals surface area contributed by atoms with Crippen LogP contribution in [0.5, 0.6) is 0 Å². The Kier molecular flexibility index (Phi) is 2.02. The van der Waals surface area contributed by atoms with Crippen LogP contribution in [0.2, 0.25) is 0 Å². The molecule has 2 fully saturated rings. The molecule has 1 N–H and O–H groups in total. The van der Waals surface area contributed by atoms with Crippen LogP contribution in [0.25, 0.3) is 0 Å². The van der Waals surface area contributed by atoms with E-state index in [4.69, 9.17) is 10.1 Å². The third kappa shape index (κ3) is 1.18. The van der Waals surface area contributed by atoms with Crippen LogP contribution in [0.1, 0.15) is 6.42 Å². The van der Waals surface area contributed by atoms with Gasteiger partial charge in [0.2, 0.25) is 10.6 Å². The molecule has 2 unspecified atom stereocenters. The molecule has 0 saturated carbocycles. The predicted octanol–water partition coefficient (Wildman–Crippen LogP) is -0.976. The topological polar surface area (TPSA) is 103 Å². The number of hydrogen-bond acceptors (Lipinski definition) is 7. The van der Waals surface area contributed by atoms with E-state index in [9.17, 15) is 13.2 Å². The Balaban J connectivity index is 2.49. The van der Waals surface area contributed by atoms with E-state index in [0.717, 1.165) is 7.11 Å². The average molecular weight is 235 g/mol. The van der Waals surface area contributed by atoms with Crippen LogP contribution in [-0.4, -0.2) is 44.9 Å². The minimum absolute atomic E-state index is 0.110. The van der Waals surface area contributed by atoms with E-state index in [1.165, 1.54) is 0 Å². The largest absolute Gasteiger partial charge is 0.468 e. The highest BCUT2D eigenvalue weighted by molar-refractivity contribution is 7.89. The molecular weight excluding hydrogens is 226 g/mol. The van der Waals surface area contributed by atoms with Crippen LogP contribution >= 0.6 is 0 Å². The molecule has 2 aliphatic rings. The lowest BCUT2D eigenvalue weighted by Gasteiger charge is -2.27. The maximum Gasteiger partial charge on any atom is 0.333 e. The minimum atomic E-state index is -4.18. The van der Waals surface area contributed by atoms with Crippen molar-refractivity contribution in [3.8, 4) is 0 Å². The maximum atomic E-state index is 11.6. The molecule has 84 valence electrons. The van der Waals surface area contributed by atoms with Gasteiger partial charge in [-0.25, -0.2) is 0 Å². The highest BCUT2D eigenvalue weighted by atomic mass is 32.2. The number of ether oxygens (including phenoxy) is 2. The summed E-state index contributed by atoms with van der Waals surface area (Å²) in [6, 6.07) is 0. The average Bonchev–Trinajstić information content (AvgIpc) is 2.58. The number of carbonyl (C=O) groups excluding carboxylic acids is 1. The Morgan fingerprint density at radius 2 is 2.33 bits per heavy atom. The summed E-state index contributed by atoms with van der Waals surface area (Å²) in [7, 11) is -3.08. The molecule has 0 radical (unpaired) electrons. The number of fused-ring (bicyclic) bond motifs is 2. The summed E-state index contributed by atoms with van der Waals surface area (Å²) in [5.41, 5.74) is 0. The van der Waals surface area contributed by atoms with E-state index in [-0.39, 0.29) is 13.0 Å². The van der Waals surface area contributed by atoms with Crippen molar-refractivity contribution in [3.63, 3.8) is 0 Å². The van der Waals surface area contributed by atoms with Gasteiger partial charge in [0.25, 0.3) is 0 Å². The monoisotopic (exact) mass is 235 g/mol. The molecule has 2 atom stereocenters. The first kappa shape index (κ1) is 10.4. The van der Waals surface area contributed by atoms with E-state index < -0.39 is 32.8 Å². The van der Waals surface area contributed by atoms with E-state index >= 15 is 0 Å². The van der Waals surface area contributed by atoms with Gasteiger partial charge in [-0.05, 0) is 0 Å². The molecule has 0 aromatic carbocycles. The van der Waals surface area contributed by atoms with Gasteiger partial charge >= 0.3 is 16.1 Å². The number of carbonyl (C=O) groups is 1. The van der Waals surface area contributed by atoms with Crippen molar-refractivity contribution < 1.29 is 26.9 Å². The summed E-state index contributed by atoms with van der Waals surface area (Å²) in [6.07, 6.45) is -0.881. The molecule has 15 heavy (non-hydrogen) atoms. The summed E-state index contributed by atoms with van der Waals surface area (Å²) in [5, 5.41) is 7.23. The molecule has 0 amide bonds. The summed E-state index contributed by atoms with van der Waals surface area (Å²) in [5.74, 6) is -1.38. The number of esters is 1. The summed E-state index contributed by atoms with van der Waals surface area (Å²) in [4.78, 5) is 11.4. The summed E-state index contributed by atoms with van der Waals surface area (Å²) < 4.78 is 35.3. The summed E-state index contributed by atoms with van der Waals surface area (Å²) in [6.45, 7) is -0.324. The molecule has 8 heteroatoms. The molecule has 0 aromatic rings. The quantitative estimate of drug-likeness (QED) is 0.463. The third-order valence-corrected chi connectivity index (χ3v) is 4.37. The molecule has 2 bridgehead atoms. The van der Waals surface area contributed by atoms with Crippen molar-refractivity contribution in [3.05, 3.63) is 0 Å². The Hall–Kier alpha value is -1.15. The zero-order valence-corrected chi connectivity index (χ0v) is 8.67. The van der Waals surface area contributed by atoms with Crippen molar-refractivity contribution in [2.75, 3.05) is 13.7 Å². The van der Waals surface area contributed by atoms with Crippen LogP contribution < -0.4 is 0 Å². The van der Waals surface area contributed by atoms with E-state index in [1.54, 1.807) is 0 Å². The van der Waals surface area contributed by atoms with Crippen LogP contribution in [0, 0.1) is 5.41 Å². The molecular formula is C7H9NO6S. The second kappa shape index (κ2) is 2.92. The van der Waals surface area contributed by atoms with Gasteiger partial charge in [0.15, 0.2) is 0 Å². The van der Waals surface area contributed by atoms with Gasteiger partial charge in [0.05, 0.1) is 13.7 Å². The lowest BCUT2D eigenvalue weighted by atomic mass is 10.0. The zero-order chi connectivity index (χ0) is 11.3. The molecule has 0 aliphatic carbocycles. The van der Waals surface area contributed by atoms with Gasteiger partial charge in [0.1, 0.15) is 6.10 Å². The number of hydrogen-bond donors (Lipinski definition) is 1. The predicted molar refractivity (Wildman–Crippen MR) is 46.8 cm³/mol. The van der Waals surface area contributed by atoms with Crippen molar-refractivity contribution in [2.24, 2.45) is 0 Å². The highest BCUT2D eigenvalue weighted by Gasteiger charge is 2.64. The summed E-state index contributed by atoms with van der Waals surface area (Å²) >= 11 is 0. The standard InChI is InChI=1S/C7H9NO6S/c1-12-6(9)7-2-4(13-3-7)5(8)14-15(7,10)11/h4,8H,2-3H2,1H3. The van der Waals surface area contributed by atoms with Crippen molar-refractivity contribution in [1.29, 1.82) is 5.41 Å². The highest BCUT2D eigenvalue weighted by Crippen LogP contribution is 2.39. The normalized spacial score (nSPS) is 37.1. The Labute approximate surface area is 85.9 Å². The van der Waals surface area contributed by atoms with E-state index in [0.29, 0.717) is 0 Å². The van der Waals surface area contributed by atoms with Crippen molar-refractivity contribution in [1.82, 2.24) is 0 Å². The molecule has 2 heterocycles. The molecule has 0 spiro atoms. The van der Waals surface area contributed by atoms with Crippen molar-refractivity contribution >= 4 is 22.0 Å². The van der Waals surface area contributed by atoms with Crippen LogP contribution in [0.15, 0.2) is 0 Å². The van der Waals surface area contributed by atoms with Gasteiger partial charge in [-0.1, -0.05) is 0 Å². The lowest BCUT2D eigenvalue weighted by Crippen LogP contribution is -2.52. The minimum Gasteiger partial charge on any atom is -0.468 e. The van der Waals surface area contributed by atoms with Gasteiger partial charge in [-0.15, -0.1) is 0 Å². The van der Waals surface area contributed by atoms with E-state index in [2.05, 4.69) is 8.92 Å². The Morgan fingerprint density at radius 3 is 2.93 bits per heavy atom. The molecule has 0 aromatic heterocycles. The first-order valence-electron chi connectivity index (χ1n) is 4.15. The second-order valence-corrected chi connectivity index (χ2v) is 5.25. The number of nitrogens with one attached hydrogen (secondary N) is 1. The first-order valence-corrected chi connectivity index (χ1v) is 5.56. The molecule has 2 rings (SSSR count). The van der Waals surface area contributed by atoms with Crippen LogP contribution in [-0.2, 0) is 28.6 Å². The second-order valence-electron chi connectivity index (χ2n) is 3.39. The van der Waals surface area contributed by atoms with Gasteiger partial charge in [-0.3, -0.25) is 10.2 Å². The fourth-order valence-corrected chi connectivity index (χ4v) is 3.04. The zero-order valence-electron chi connectivity index (χ0n) is 7.85. The number of methoxy groups -OCH3 is 1. The van der Waals surface area contributed by atoms with Gasteiger partial charge in [-0.2, -0.15) is 8.42 Å². The fourth-order valence-electron chi connectivity index (χ4n) is 1.68. The van der Waals surface area contributed by atoms with E-state index in [1.807, 2.05) is 0 Å². The fraction of sp³-hybridized carbons (Fsp3) is 0.714. The van der Waals surface area contributed by atoms with Crippen molar-refractivity contribution in [2.45, 2.75) is 17.3 Å². The van der Waals surface area contributed by atoms with Gasteiger partial charge < -0.3 is 13.7 Å². The maximum absolute atomic E-state index is 11.6. The molecule has 2 aliphatic heterocycles. The third-order valence-electron chi connectivity index (χ3n) is 2.56. The Morgan fingerprint density at radius 1 is 1.67 bits per heavy atom. The molecule has 7 nitrogen and oxygen atoms in total. The van der Waals surface area contributed by atoms with Crippen LogP contribution in [0.3, 0.4) is 0 Å². The van der Waals surface area contributed by atoms with Gasteiger partial charge in [0, 0.05) is 6.42 Å². The number of rotatable bonds is 1.